The standard InChI is InChI=1S/C22H20F3N3O2/c1-21(22(23,24)25)12-15(20(29)28-7-9-30-10-8-28)5-6-18(21)11-19-16(13-26)3-2-4-17(19)14-27/h2-6,12,18H,7-11H2,1H3. The number of halogens is 3. The lowest BCUT2D eigenvalue weighted by atomic mass is 9.69. The zero-order valence-electron chi connectivity index (χ0n) is 16.4. The molecule has 2 unspecified atom stereocenters. The van der Waals surface area contributed by atoms with E-state index in [1.807, 2.05) is 12.1 Å². The highest BCUT2D eigenvalue weighted by atomic mass is 19.4. The Morgan fingerprint density at radius 2 is 1.83 bits per heavy atom. The Balaban J connectivity index is 1.97. The first-order chi connectivity index (χ1) is 14.2. The van der Waals surface area contributed by atoms with Crippen LogP contribution in [-0.2, 0) is 16.0 Å². The molecule has 1 amide bonds. The van der Waals surface area contributed by atoms with Gasteiger partial charge in [-0.05, 0) is 37.0 Å². The van der Waals surface area contributed by atoms with Crippen LogP contribution in [0.2, 0.25) is 0 Å². The maximum absolute atomic E-state index is 14.2. The smallest absolute Gasteiger partial charge is 0.378 e. The minimum absolute atomic E-state index is 0.0120. The number of alkyl halides is 3. The molecular weight excluding hydrogens is 395 g/mol. The lowest BCUT2D eigenvalue weighted by Gasteiger charge is -2.39. The second-order valence-corrected chi connectivity index (χ2v) is 7.51. The van der Waals surface area contributed by atoms with E-state index in [2.05, 4.69) is 0 Å². The summed E-state index contributed by atoms with van der Waals surface area (Å²) >= 11 is 0. The third-order valence-electron chi connectivity index (χ3n) is 5.73. The molecule has 156 valence electrons. The van der Waals surface area contributed by atoms with Crippen molar-refractivity contribution in [1.82, 2.24) is 4.90 Å². The highest BCUT2D eigenvalue weighted by Gasteiger charge is 2.55. The zero-order chi connectivity index (χ0) is 21.9. The lowest BCUT2D eigenvalue weighted by molar-refractivity contribution is -0.212. The van der Waals surface area contributed by atoms with Gasteiger partial charge in [0.25, 0.3) is 5.91 Å². The van der Waals surface area contributed by atoms with E-state index < -0.39 is 23.4 Å². The molecule has 5 nitrogen and oxygen atoms in total. The van der Waals surface area contributed by atoms with E-state index in [1.165, 1.54) is 35.3 Å². The quantitative estimate of drug-likeness (QED) is 0.757. The summed E-state index contributed by atoms with van der Waals surface area (Å²) in [5, 5.41) is 18.7. The van der Waals surface area contributed by atoms with Gasteiger partial charge in [0, 0.05) is 18.7 Å². The second-order valence-electron chi connectivity index (χ2n) is 7.51. The van der Waals surface area contributed by atoms with Crippen molar-refractivity contribution >= 4 is 5.91 Å². The van der Waals surface area contributed by atoms with Crippen molar-refractivity contribution < 1.29 is 22.7 Å². The van der Waals surface area contributed by atoms with Gasteiger partial charge in [-0.1, -0.05) is 24.3 Å². The predicted octanol–water partition coefficient (Wildman–Crippen LogP) is 3.51. The minimum Gasteiger partial charge on any atom is -0.378 e. The summed E-state index contributed by atoms with van der Waals surface area (Å²) < 4.78 is 47.7. The van der Waals surface area contributed by atoms with Gasteiger partial charge in [-0.3, -0.25) is 4.79 Å². The van der Waals surface area contributed by atoms with Gasteiger partial charge < -0.3 is 9.64 Å². The highest BCUT2D eigenvalue weighted by molar-refractivity contribution is 5.96. The molecule has 0 bridgehead atoms. The highest BCUT2D eigenvalue weighted by Crippen LogP contribution is 2.50. The van der Waals surface area contributed by atoms with Gasteiger partial charge in [-0.25, -0.2) is 0 Å². The summed E-state index contributed by atoms with van der Waals surface area (Å²) in [6, 6.07) is 8.40. The summed E-state index contributed by atoms with van der Waals surface area (Å²) in [7, 11) is 0. The predicted molar refractivity (Wildman–Crippen MR) is 102 cm³/mol. The molecule has 2 atom stereocenters. The number of allylic oxidation sites excluding steroid dienone is 2. The van der Waals surface area contributed by atoms with Crippen LogP contribution in [0.5, 0.6) is 0 Å². The maximum Gasteiger partial charge on any atom is 0.398 e. The van der Waals surface area contributed by atoms with Crippen molar-refractivity contribution in [3.05, 3.63) is 58.7 Å². The second kappa shape index (κ2) is 8.33. The molecule has 1 fully saturated rings. The Morgan fingerprint density at radius 3 is 2.37 bits per heavy atom. The lowest BCUT2D eigenvalue weighted by Crippen LogP contribution is -2.45. The Hall–Kier alpha value is -3.10. The van der Waals surface area contributed by atoms with Gasteiger partial charge >= 0.3 is 6.18 Å². The Morgan fingerprint density at radius 1 is 1.23 bits per heavy atom. The molecule has 1 aliphatic carbocycles. The van der Waals surface area contributed by atoms with Crippen LogP contribution in [-0.4, -0.2) is 43.3 Å². The van der Waals surface area contributed by atoms with Crippen molar-refractivity contribution in [2.75, 3.05) is 26.3 Å². The molecule has 8 heteroatoms. The largest absolute Gasteiger partial charge is 0.398 e. The molecule has 0 aromatic heterocycles. The van der Waals surface area contributed by atoms with Crippen LogP contribution in [0.3, 0.4) is 0 Å². The summed E-state index contributed by atoms with van der Waals surface area (Å²) in [4.78, 5) is 14.2. The minimum atomic E-state index is -4.63. The topological polar surface area (TPSA) is 77.1 Å². The number of nitrogens with zero attached hydrogens (tertiary/aromatic N) is 3. The molecule has 0 saturated carbocycles. The Kier molecular flexibility index (Phi) is 6.00. The first-order valence-corrected chi connectivity index (χ1v) is 9.48. The van der Waals surface area contributed by atoms with Gasteiger partial charge in [0.15, 0.2) is 0 Å². The van der Waals surface area contributed by atoms with Crippen molar-refractivity contribution in [1.29, 1.82) is 10.5 Å². The first kappa shape index (κ1) is 21.6. The molecule has 1 aromatic carbocycles. The molecule has 0 radical (unpaired) electrons. The van der Waals surface area contributed by atoms with E-state index in [0.29, 0.717) is 26.3 Å². The molecule has 30 heavy (non-hydrogen) atoms. The van der Waals surface area contributed by atoms with Crippen LogP contribution in [0.25, 0.3) is 0 Å². The molecular formula is C22H20F3N3O2. The monoisotopic (exact) mass is 415 g/mol. The zero-order valence-corrected chi connectivity index (χ0v) is 16.4. The average molecular weight is 415 g/mol. The molecule has 1 aliphatic heterocycles. The third kappa shape index (κ3) is 3.96. The number of benzene rings is 1. The molecule has 0 N–H and O–H groups in total. The molecule has 1 saturated heterocycles. The molecule has 1 heterocycles. The van der Waals surface area contributed by atoms with Crippen molar-refractivity contribution in [3.63, 3.8) is 0 Å². The van der Waals surface area contributed by atoms with E-state index >= 15 is 0 Å². The van der Waals surface area contributed by atoms with Crippen LogP contribution in [0.1, 0.15) is 23.6 Å². The van der Waals surface area contributed by atoms with E-state index in [1.54, 1.807) is 0 Å². The molecule has 1 aromatic rings. The number of rotatable bonds is 3. The van der Waals surface area contributed by atoms with Gasteiger partial charge in [-0.15, -0.1) is 0 Å². The van der Waals surface area contributed by atoms with E-state index in [9.17, 15) is 28.5 Å². The first-order valence-electron chi connectivity index (χ1n) is 9.48. The van der Waals surface area contributed by atoms with Crippen LogP contribution < -0.4 is 0 Å². The van der Waals surface area contributed by atoms with E-state index in [4.69, 9.17) is 4.74 Å². The van der Waals surface area contributed by atoms with E-state index in [0.717, 1.165) is 13.0 Å². The fourth-order valence-corrected chi connectivity index (χ4v) is 3.79. The van der Waals surface area contributed by atoms with Crippen LogP contribution in [0.4, 0.5) is 13.2 Å². The number of morpholine rings is 1. The summed E-state index contributed by atoms with van der Waals surface area (Å²) in [6.07, 6.45) is -1.01. The number of nitriles is 2. The average Bonchev–Trinajstić information content (AvgIpc) is 2.74. The SMILES string of the molecule is CC1(C(F)(F)F)C=C(C(=O)N2CCOCC2)C=CC1Cc1c(C#N)cccc1C#N. The van der Waals surface area contributed by atoms with Crippen LogP contribution in [0.15, 0.2) is 42.0 Å². The van der Waals surface area contributed by atoms with Crippen molar-refractivity contribution in [3.8, 4) is 12.1 Å². The summed E-state index contributed by atoms with van der Waals surface area (Å²) in [6.45, 7) is 2.41. The molecule has 2 aliphatic rings. The summed E-state index contributed by atoms with van der Waals surface area (Å²) in [5.74, 6) is -1.53. The van der Waals surface area contributed by atoms with Crippen molar-refractivity contribution in [2.45, 2.75) is 19.5 Å². The number of ether oxygens (including phenoxy) is 1. The third-order valence-corrected chi connectivity index (χ3v) is 5.73. The van der Waals surface area contributed by atoms with Gasteiger partial charge in [0.1, 0.15) is 0 Å². The van der Waals surface area contributed by atoms with Gasteiger partial charge in [0.2, 0.25) is 0 Å². The van der Waals surface area contributed by atoms with Gasteiger partial charge in [0.05, 0.1) is 41.9 Å². The Bertz CT molecular complexity index is 947. The normalized spacial score (nSPS) is 24.0. The number of hydrogen-bond acceptors (Lipinski definition) is 4. The number of amides is 1. The van der Waals surface area contributed by atoms with E-state index in [-0.39, 0.29) is 28.7 Å². The fourth-order valence-electron chi connectivity index (χ4n) is 3.79. The number of carbonyl (C=O) groups excluding carboxylic acids is 1. The number of carbonyl (C=O) groups is 1. The van der Waals surface area contributed by atoms with Crippen LogP contribution in [0, 0.1) is 34.0 Å². The maximum atomic E-state index is 14.2. The molecule has 0 spiro atoms. The van der Waals surface area contributed by atoms with Crippen molar-refractivity contribution in [2.24, 2.45) is 11.3 Å². The number of hydrogen-bond donors (Lipinski definition) is 0. The summed E-state index contributed by atoms with van der Waals surface area (Å²) in [5.41, 5.74) is -1.71. The van der Waals surface area contributed by atoms with Gasteiger partial charge in [-0.2, -0.15) is 23.7 Å². The Labute approximate surface area is 172 Å². The van der Waals surface area contributed by atoms with Crippen LogP contribution >= 0.6 is 0 Å². The molecule has 3 rings (SSSR count). The fraction of sp³-hybridized carbons (Fsp3) is 0.409.